The van der Waals surface area contributed by atoms with Gasteiger partial charge in [0, 0.05) is 26.1 Å². The van der Waals surface area contributed by atoms with Gasteiger partial charge in [0.1, 0.15) is 0 Å². The van der Waals surface area contributed by atoms with Gasteiger partial charge in [-0.15, -0.1) is 0 Å². The Morgan fingerprint density at radius 1 is 1.18 bits per heavy atom. The lowest BCUT2D eigenvalue weighted by Crippen LogP contribution is -2.54. The van der Waals surface area contributed by atoms with Crippen molar-refractivity contribution in [1.82, 2.24) is 5.32 Å². The summed E-state index contributed by atoms with van der Waals surface area (Å²) in [5.41, 5.74) is 1.06. The highest BCUT2D eigenvalue weighted by atomic mass is 16.7. The zero-order chi connectivity index (χ0) is 16.6. The van der Waals surface area contributed by atoms with Crippen LogP contribution < -0.4 is 5.32 Å². The van der Waals surface area contributed by atoms with E-state index in [4.69, 9.17) is 14.2 Å². The second kappa shape index (κ2) is 5.95. The molecule has 126 valence electrons. The molecular formula is C17H29NO4. The fourth-order valence-corrected chi connectivity index (χ4v) is 4.39. The highest BCUT2D eigenvalue weighted by Crippen LogP contribution is 2.64. The molecule has 2 aliphatic carbocycles. The maximum absolute atomic E-state index is 13.0. The lowest BCUT2D eigenvalue weighted by atomic mass is 9.58. The molecule has 0 heterocycles. The van der Waals surface area contributed by atoms with Gasteiger partial charge in [-0.2, -0.15) is 0 Å². The van der Waals surface area contributed by atoms with Crippen molar-refractivity contribution >= 4 is 5.78 Å². The molecule has 1 fully saturated rings. The standard InChI is InChI=1S/C17H29NO4/c1-15(2)8-7-12-14(20-4)17(21-5,22-6)13(19)11-16(12,15)9-10-18-3/h18H,7-11H2,1-6H3/t16-/m1/s1. The van der Waals surface area contributed by atoms with Gasteiger partial charge in [-0.05, 0) is 43.8 Å². The van der Waals surface area contributed by atoms with Crippen molar-refractivity contribution in [3.8, 4) is 0 Å². The summed E-state index contributed by atoms with van der Waals surface area (Å²) in [5, 5.41) is 3.22. The minimum atomic E-state index is -1.38. The molecule has 22 heavy (non-hydrogen) atoms. The first-order chi connectivity index (χ1) is 10.3. The van der Waals surface area contributed by atoms with E-state index in [-0.39, 0.29) is 16.6 Å². The molecule has 0 aliphatic heterocycles. The van der Waals surface area contributed by atoms with Gasteiger partial charge in [-0.25, -0.2) is 0 Å². The number of methoxy groups -OCH3 is 3. The van der Waals surface area contributed by atoms with Crippen LogP contribution in [0, 0.1) is 10.8 Å². The predicted octanol–water partition coefficient (Wildman–Crippen LogP) is 2.26. The van der Waals surface area contributed by atoms with Gasteiger partial charge >= 0.3 is 0 Å². The van der Waals surface area contributed by atoms with Crippen LogP contribution in [0.1, 0.15) is 39.5 Å². The third-order valence-corrected chi connectivity index (χ3v) is 5.86. The first-order valence-corrected chi connectivity index (χ1v) is 7.91. The maximum Gasteiger partial charge on any atom is 0.288 e. The third kappa shape index (κ3) is 2.14. The number of ketones is 1. The van der Waals surface area contributed by atoms with Crippen molar-refractivity contribution < 1.29 is 19.0 Å². The topological polar surface area (TPSA) is 56.8 Å². The molecule has 0 saturated heterocycles. The Bertz CT molecular complexity index is 479. The van der Waals surface area contributed by atoms with E-state index >= 15 is 0 Å². The molecule has 5 heteroatoms. The molecule has 2 rings (SSSR count). The maximum atomic E-state index is 13.0. The number of Topliss-reactive ketones (excluding diaryl/α,β-unsaturated/α-hetero) is 1. The van der Waals surface area contributed by atoms with Gasteiger partial charge in [0.25, 0.3) is 5.79 Å². The molecule has 1 N–H and O–H groups in total. The van der Waals surface area contributed by atoms with E-state index in [1.165, 1.54) is 19.8 Å². The Morgan fingerprint density at radius 3 is 2.32 bits per heavy atom. The van der Waals surface area contributed by atoms with Gasteiger partial charge in [0.05, 0.1) is 7.11 Å². The van der Waals surface area contributed by atoms with E-state index in [9.17, 15) is 4.79 Å². The van der Waals surface area contributed by atoms with Crippen molar-refractivity contribution in [2.24, 2.45) is 10.8 Å². The molecule has 0 aromatic carbocycles. The Morgan fingerprint density at radius 2 is 1.82 bits per heavy atom. The van der Waals surface area contributed by atoms with Crippen molar-refractivity contribution in [3.63, 3.8) is 0 Å². The van der Waals surface area contributed by atoms with Crippen molar-refractivity contribution in [2.75, 3.05) is 34.9 Å². The molecule has 2 aliphatic rings. The molecule has 5 nitrogen and oxygen atoms in total. The van der Waals surface area contributed by atoms with Crippen molar-refractivity contribution in [1.29, 1.82) is 0 Å². The van der Waals surface area contributed by atoms with Crippen LogP contribution in [0.25, 0.3) is 0 Å². The lowest BCUT2D eigenvalue weighted by Gasteiger charge is -2.48. The fourth-order valence-electron chi connectivity index (χ4n) is 4.39. The first-order valence-electron chi connectivity index (χ1n) is 7.91. The summed E-state index contributed by atoms with van der Waals surface area (Å²) in [6, 6.07) is 0. The van der Waals surface area contributed by atoms with Crippen LogP contribution in [0.5, 0.6) is 0 Å². The number of hydrogen-bond acceptors (Lipinski definition) is 5. The molecule has 1 saturated carbocycles. The number of nitrogens with one attached hydrogen (secondary N) is 1. The summed E-state index contributed by atoms with van der Waals surface area (Å²) in [6.07, 6.45) is 3.30. The summed E-state index contributed by atoms with van der Waals surface area (Å²) in [5.74, 6) is -0.868. The smallest absolute Gasteiger partial charge is 0.288 e. The van der Waals surface area contributed by atoms with E-state index in [0.29, 0.717) is 12.2 Å². The zero-order valence-corrected chi connectivity index (χ0v) is 14.7. The highest BCUT2D eigenvalue weighted by Gasteiger charge is 2.62. The predicted molar refractivity (Wildman–Crippen MR) is 84.4 cm³/mol. The van der Waals surface area contributed by atoms with Crippen molar-refractivity contribution in [3.05, 3.63) is 11.3 Å². The molecule has 0 radical (unpaired) electrons. The summed E-state index contributed by atoms with van der Waals surface area (Å²) in [7, 11) is 6.55. The molecule has 0 amide bonds. The van der Waals surface area contributed by atoms with Gasteiger partial charge in [-0.3, -0.25) is 4.79 Å². The number of rotatable bonds is 6. The number of allylic oxidation sites excluding steroid dienone is 1. The van der Waals surface area contributed by atoms with Crippen LogP contribution in [-0.4, -0.2) is 46.5 Å². The molecule has 0 bridgehead atoms. The normalized spacial score (nSPS) is 29.6. The van der Waals surface area contributed by atoms with E-state index in [0.717, 1.165) is 25.8 Å². The van der Waals surface area contributed by atoms with E-state index in [1.54, 1.807) is 7.11 Å². The number of carbonyl (C=O) groups is 1. The third-order valence-electron chi connectivity index (χ3n) is 5.86. The van der Waals surface area contributed by atoms with Crippen LogP contribution in [0.4, 0.5) is 0 Å². The average Bonchev–Trinajstić information content (AvgIpc) is 2.75. The van der Waals surface area contributed by atoms with Gasteiger partial charge < -0.3 is 19.5 Å². The molecular weight excluding hydrogens is 282 g/mol. The Balaban J connectivity index is 2.65. The summed E-state index contributed by atoms with van der Waals surface area (Å²) in [6.45, 7) is 5.37. The Labute approximate surface area is 133 Å². The quantitative estimate of drug-likeness (QED) is 0.763. The minimum absolute atomic E-state index is 0.0479. The zero-order valence-electron chi connectivity index (χ0n) is 14.7. The Kier molecular flexibility index (Phi) is 4.71. The van der Waals surface area contributed by atoms with Crippen molar-refractivity contribution in [2.45, 2.75) is 45.3 Å². The van der Waals surface area contributed by atoms with Crippen LogP contribution in [-0.2, 0) is 19.0 Å². The minimum Gasteiger partial charge on any atom is -0.495 e. The largest absolute Gasteiger partial charge is 0.495 e. The van der Waals surface area contributed by atoms with Gasteiger partial charge in [0.2, 0.25) is 5.78 Å². The van der Waals surface area contributed by atoms with E-state index < -0.39 is 5.79 Å². The SMILES string of the molecule is CNCC[C@@]12CC(=O)C(OC)(OC)C(OC)=C1CCC2(C)C. The highest BCUT2D eigenvalue weighted by molar-refractivity contribution is 5.92. The Hall–Kier alpha value is -0.910. The molecule has 0 aromatic rings. The first kappa shape index (κ1) is 17.4. The second-order valence-corrected chi connectivity index (χ2v) is 6.96. The summed E-state index contributed by atoms with van der Waals surface area (Å²) < 4.78 is 16.7. The fraction of sp³-hybridized carbons (Fsp3) is 0.824. The van der Waals surface area contributed by atoms with Crippen LogP contribution >= 0.6 is 0 Å². The van der Waals surface area contributed by atoms with Crippen LogP contribution in [0.3, 0.4) is 0 Å². The number of ether oxygens (including phenoxy) is 3. The summed E-state index contributed by atoms with van der Waals surface area (Å²) >= 11 is 0. The molecule has 0 aromatic heterocycles. The monoisotopic (exact) mass is 311 g/mol. The number of hydrogen-bond donors (Lipinski definition) is 1. The van der Waals surface area contributed by atoms with Gasteiger partial charge in [-0.1, -0.05) is 13.8 Å². The molecule has 0 spiro atoms. The van der Waals surface area contributed by atoms with Gasteiger partial charge in [0.15, 0.2) is 5.76 Å². The number of carbonyl (C=O) groups excluding carboxylic acids is 1. The average molecular weight is 311 g/mol. The van der Waals surface area contributed by atoms with Crippen LogP contribution in [0.15, 0.2) is 11.3 Å². The second-order valence-electron chi connectivity index (χ2n) is 6.96. The lowest BCUT2D eigenvalue weighted by molar-refractivity contribution is -0.211. The molecule has 1 atom stereocenters. The van der Waals surface area contributed by atoms with Crippen LogP contribution in [0.2, 0.25) is 0 Å². The molecule has 0 unspecified atom stereocenters. The summed E-state index contributed by atoms with van der Waals surface area (Å²) in [4.78, 5) is 13.0. The number of fused-ring (bicyclic) bond motifs is 1. The van der Waals surface area contributed by atoms with E-state index in [2.05, 4.69) is 19.2 Å². The van der Waals surface area contributed by atoms with E-state index in [1.807, 2.05) is 7.05 Å².